The molecule has 0 aliphatic heterocycles. The minimum atomic E-state index is 1.12. The van der Waals surface area contributed by atoms with Gasteiger partial charge in [-0.1, -0.05) is 135 Å². The van der Waals surface area contributed by atoms with Crippen LogP contribution in [0.15, 0.2) is 91.0 Å². The Kier molecular flexibility index (Phi) is 17.5. The molecule has 0 aliphatic carbocycles. The molecule has 0 amide bonds. The molecule has 0 aromatic heterocycles. The number of unbranched alkanes of at least 4 members (excludes halogenated alkanes) is 6. The highest BCUT2D eigenvalue weighted by atomic mass is 15.1. The van der Waals surface area contributed by atoms with E-state index >= 15 is 0 Å². The molecule has 3 nitrogen and oxygen atoms in total. The van der Waals surface area contributed by atoms with Gasteiger partial charge in [0.15, 0.2) is 0 Å². The number of rotatable bonds is 24. The molecule has 4 rings (SSSR count). The van der Waals surface area contributed by atoms with Crippen molar-refractivity contribution in [2.75, 3.05) is 54.0 Å². The second-order valence-corrected chi connectivity index (χ2v) is 14.5. The van der Waals surface area contributed by atoms with Crippen LogP contribution in [0.2, 0.25) is 0 Å². The van der Waals surface area contributed by atoms with Crippen molar-refractivity contribution in [3.63, 3.8) is 0 Å². The first-order valence-electron chi connectivity index (χ1n) is 20.8. The maximum atomic E-state index is 2.59. The highest BCUT2D eigenvalue weighted by Gasteiger charge is 2.17. The molecule has 0 unspecified atom stereocenters. The van der Waals surface area contributed by atoms with E-state index in [1.54, 1.807) is 0 Å². The van der Waals surface area contributed by atoms with Crippen molar-refractivity contribution in [2.45, 2.75) is 119 Å². The van der Waals surface area contributed by atoms with Gasteiger partial charge in [-0.05, 0) is 108 Å². The Morgan fingerprint density at radius 2 is 0.569 bits per heavy atom. The molecule has 0 atom stereocenters. The minimum Gasteiger partial charge on any atom is -0.372 e. The SMILES string of the molecule is CCCCN(CCCC)c1ccc(-c2cccc(-c3ccc(N(CCCC)CCCC)cc3)c2-c2ccc(N(CCCC)CCCC)cc2)cc1. The Balaban J connectivity index is 1.78. The maximum absolute atomic E-state index is 2.59. The lowest BCUT2D eigenvalue weighted by Gasteiger charge is -2.26. The second kappa shape index (κ2) is 22.3. The zero-order valence-corrected chi connectivity index (χ0v) is 33.2. The van der Waals surface area contributed by atoms with E-state index in [9.17, 15) is 0 Å². The lowest BCUT2D eigenvalue weighted by Crippen LogP contribution is -2.25. The molecule has 0 saturated carbocycles. The van der Waals surface area contributed by atoms with E-state index < -0.39 is 0 Å². The average Bonchev–Trinajstić information content (AvgIpc) is 3.18. The number of nitrogens with zero attached hydrogens (tertiary/aromatic N) is 3. The van der Waals surface area contributed by atoms with Gasteiger partial charge in [0, 0.05) is 56.3 Å². The molecule has 0 saturated heterocycles. The summed E-state index contributed by atoms with van der Waals surface area (Å²) in [5, 5.41) is 0. The van der Waals surface area contributed by atoms with E-state index in [0.29, 0.717) is 0 Å². The van der Waals surface area contributed by atoms with Gasteiger partial charge in [-0.3, -0.25) is 0 Å². The van der Waals surface area contributed by atoms with Crippen molar-refractivity contribution in [1.82, 2.24) is 0 Å². The molecule has 3 heteroatoms. The molecule has 276 valence electrons. The largest absolute Gasteiger partial charge is 0.372 e. The summed E-state index contributed by atoms with van der Waals surface area (Å²) in [4.78, 5) is 7.76. The van der Waals surface area contributed by atoms with Gasteiger partial charge < -0.3 is 14.7 Å². The van der Waals surface area contributed by atoms with Gasteiger partial charge in [0.25, 0.3) is 0 Å². The Morgan fingerprint density at radius 1 is 0.314 bits per heavy atom. The molecule has 0 N–H and O–H groups in total. The minimum absolute atomic E-state index is 1.12. The number of anilines is 3. The highest BCUT2D eigenvalue weighted by molar-refractivity contribution is 5.95. The third-order valence-corrected chi connectivity index (χ3v) is 10.4. The van der Waals surface area contributed by atoms with Crippen molar-refractivity contribution in [3.05, 3.63) is 91.0 Å². The fraction of sp³-hybridized carbons (Fsp3) is 0.500. The lowest BCUT2D eigenvalue weighted by atomic mass is 9.87. The summed E-state index contributed by atoms with van der Waals surface area (Å²) in [6.45, 7) is 20.5. The van der Waals surface area contributed by atoms with E-state index in [1.807, 2.05) is 0 Å². The Bertz CT molecular complexity index is 1400. The van der Waals surface area contributed by atoms with Gasteiger partial charge >= 0.3 is 0 Å². The summed E-state index contributed by atoms with van der Waals surface area (Å²) in [6.07, 6.45) is 14.7. The molecule has 0 heterocycles. The predicted octanol–water partition coefficient (Wildman–Crippen LogP) is 13.9. The molecule has 0 aliphatic rings. The zero-order chi connectivity index (χ0) is 36.3. The number of hydrogen-bond donors (Lipinski definition) is 0. The molecule has 0 fully saturated rings. The van der Waals surface area contributed by atoms with Crippen LogP contribution in [0.4, 0.5) is 17.1 Å². The van der Waals surface area contributed by atoms with Crippen LogP contribution in [0.3, 0.4) is 0 Å². The van der Waals surface area contributed by atoms with Crippen molar-refractivity contribution in [1.29, 1.82) is 0 Å². The lowest BCUT2D eigenvalue weighted by molar-refractivity contribution is 0.678. The second-order valence-electron chi connectivity index (χ2n) is 14.5. The van der Waals surface area contributed by atoms with E-state index in [0.717, 1.165) is 39.3 Å². The van der Waals surface area contributed by atoms with Crippen LogP contribution in [0.5, 0.6) is 0 Å². The van der Waals surface area contributed by atoms with Crippen molar-refractivity contribution < 1.29 is 0 Å². The molecule has 51 heavy (non-hydrogen) atoms. The van der Waals surface area contributed by atoms with Gasteiger partial charge in [-0.25, -0.2) is 0 Å². The standard InChI is InChI=1S/C48H69N3/c1-7-13-34-49(35-14-8-2)43-28-22-40(23-29-43)46-20-19-21-47(41-24-30-44(31-25-41)50(36-15-9-3)37-16-10-4)48(46)42-26-32-45(33-27-42)51(38-17-11-5)39-18-12-6/h19-33H,7-18,34-39H2,1-6H3. The third-order valence-electron chi connectivity index (χ3n) is 10.4. The van der Waals surface area contributed by atoms with Gasteiger partial charge in [0.2, 0.25) is 0 Å². The van der Waals surface area contributed by atoms with Crippen LogP contribution in [-0.2, 0) is 0 Å². The number of hydrogen-bond acceptors (Lipinski definition) is 3. The Hall–Kier alpha value is -3.72. The first kappa shape index (κ1) is 40.1. The van der Waals surface area contributed by atoms with Crippen LogP contribution >= 0.6 is 0 Å². The van der Waals surface area contributed by atoms with Crippen molar-refractivity contribution >= 4 is 17.1 Å². The molecular weight excluding hydrogens is 619 g/mol. The quantitative estimate of drug-likeness (QED) is 0.0726. The third kappa shape index (κ3) is 11.6. The van der Waals surface area contributed by atoms with E-state index in [1.165, 1.54) is 127 Å². The highest BCUT2D eigenvalue weighted by Crippen LogP contribution is 2.41. The fourth-order valence-corrected chi connectivity index (χ4v) is 7.09. The molecule has 0 spiro atoms. The molecular formula is C48H69N3. The summed E-state index contributed by atoms with van der Waals surface area (Å²) in [5.74, 6) is 0. The smallest absolute Gasteiger partial charge is 0.0366 e. The van der Waals surface area contributed by atoms with Gasteiger partial charge in [-0.2, -0.15) is 0 Å². The summed E-state index contributed by atoms with van der Waals surface area (Å²) < 4.78 is 0. The fourth-order valence-electron chi connectivity index (χ4n) is 7.09. The predicted molar refractivity (Wildman–Crippen MR) is 229 cm³/mol. The van der Waals surface area contributed by atoms with Crippen LogP contribution in [0.25, 0.3) is 33.4 Å². The van der Waals surface area contributed by atoms with Gasteiger partial charge in [-0.15, -0.1) is 0 Å². The topological polar surface area (TPSA) is 9.72 Å². The van der Waals surface area contributed by atoms with E-state index in [4.69, 9.17) is 0 Å². The summed E-state index contributed by atoms with van der Waals surface area (Å²) in [7, 11) is 0. The normalized spacial score (nSPS) is 11.2. The van der Waals surface area contributed by atoms with Crippen LogP contribution < -0.4 is 14.7 Å². The van der Waals surface area contributed by atoms with Crippen molar-refractivity contribution in [2.24, 2.45) is 0 Å². The van der Waals surface area contributed by atoms with Gasteiger partial charge in [0.05, 0.1) is 0 Å². The zero-order valence-electron chi connectivity index (χ0n) is 33.2. The van der Waals surface area contributed by atoms with Crippen LogP contribution in [0, 0.1) is 0 Å². The summed E-state index contributed by atoms with van der Waals surface area (Å²) in [5.41, 5.74) is 11.8. The summed E-state index contributed by atoms with van der Waals surface area (Å²) >= 11 is 0. The molecule has 0 bridgehead atoms. The van der Waals surface area contributed by atoms with Crippen molar-refractivity contribution in [3.8, 4) is 33.4 Å². The Labute approximate surface area is 313 Å². The monoisotopic (exact) mass is 688 g/mol. The first-order chi connectivity index (χ1) is 25.1. The molecule has 4 aromatic carbocycles. The number of benzene rings is 4. The Morgan fingerprint density at radius 3 is 0.824 bits per heavy atom. The van der Waals surface area contributed by atoms with E-state index in [-0.39, 0.29) is 0 Å². The van der Waals surface area contributed by atoms with Crippen LogP contribution in [0.1, 0.15) is 119 Å². The molecule has 0 radical (unpaired) electrons. The van der Waals surface area contributed by atoms with E-state index in [2.05, 4.69) is 147 Å². The average molecular weight is 688 g/mol. The first-order valence-corrected chi connectivity index (χ1v) is 20.8. The molecule has 4 aromatic rings. The maximum Gasteiger partial charge on any atom is 0.0366 e. The summed E-state index contributed by atoms with van der Waals surface area (Å²) in [6, 6.07) is 35.3. The van der Waals surface area contributed by atoms with Gasteiger partial charge in [0.1, 0.15) is 0 Å². The van der Waals surface area contributed by atoms with Crippen LogP contribution in [-0.4, -0.2) is 39.3 Å².